The molecule has 2 N–H and O–H groups in total. The number of ether oxygens (including phenoxy) is 1. The number of fused-ring (bicyclic) bond motifs is 1. The predicted octanol–water partition coefficient (Wildman–Crippen LogP) is 5.09. The average molecular weight is 450 g/mol. The summed E-state index contributed by atoms with van der Waals surface area (Å²) in [4.78, 5) is 18.0. The van der Waals surface area contributed by atoms with Gasteiger partial charge < -0.3 is 19.9 Å². The number of benzene rings is 2. The van der Waals surface area contributed by atoms with E-state index in [9.17, 15) is 4.79 Å². The van der Waals surface area contributed by atoms with E-state index in [1.165, 1.54) is 11.1 Å². The third-order valence-corrected chi connectivity index (χ3v) is 6.47. The van der Waals surface area contributed by atoms with Crippen molar-refractivity contribution in [3.8, 4) is 0 Å². The fourth-order valence-corrected chi connectivity index (χ4v) is 4.49. The minimum atomic E-state index is -0.0756. The zero-order chi connectivity index (χ0) is 22.7. The van der Waals surface area contributed by atoms with E-state index in [-0.39, 0.29) is 11.7 Å². The van der Waals surface area contributed by atoms with Gasteiger partial charge in [-0.25, -0.2) is 0 Å². The SMILES string of the molecule is CCc1ccc2[nH]c(=O)c(CN(CC3CCCO3)C(=S)Nc3ccc(C)cc3C)cc2c1. The van der Waals surface area contributed by atoms with Crippen LogP contribution >= 0.6 is 12.2 Å². The molecule has 4 rings (SSSR count). The molecule has 1 aliphatic heterocycles. The molecule has 5 nitrogen and oxygen atoms in total. The first-order valence-corrected chi connectivity index (χ1v) is 11.7. The average Bonchev–Trinajstić information content (AvgIpc) is 3.28. The topological polar surface area (TPSA) is 57.4 Å². The lowest BCUT2D eigenvalue weighted by atomic mass is 10.1. The number of hydrogen-bond donors (Lipinski definition) is 2. The fraction of sp³-hybridized carbons (Fsp3) is 0.385. The third-order valence-electron chi connectivity index (χ3n) is 6.11. The summed E-state index contributed by atoms with van der Waals surface area (Å²) in [5.74, 6) is 0. The van der Waals surface area contributed by atoms with Gasteiger partial charge in [-0.3, -0.25) is 4.79 Å². The highest BCUT2D eigenvalue weighted by molar-refractivity contribution is 7.80. The number of anilines is 1. The van der Waals surface area contributed by atoms with Gasteiger partial charge in [0.25, 0.3) is 5.56 Å². The minimum Gasteiger partial charge on any atom is -0.376 e. The molecule has 168 valence electrons. The molecule has 0 saturated carbocycles. The largest absolute Gasteiger partial charge is 0.376 e. The van der Waals surface area contributed by atoms with Crippen LogP contribution in [-0.2, 0) is 17.7 Å². The van der Waals surface area contributed by atoms with Gasteiger partial charge >= 0.3 is 0 Å². The van der Waals surface area contributed by atoms with E-state index in [0.29, 0.717) is 23.8 Å². The van der Waals surface area contributed by atoms with Gasteiger partial charge in [0.15, 0.2) is 5.11 Å². The number of pyridine rings is 1. The van der Waals surface area contributed by atoms with Gasteiger partial charge in [0.05, 0.1) is 12.6 Å². The first-order chi connectivity index (χ1) is 15.4. The first kappa shape index (κ1) is 22.5. The van der Waals surface area contributed by atoms with Gasteiger partial charge in [0.2, 0.25) is 0 Å². The van der Waals surface area contributed by atoms with Crippen LogP contribution in [0.25, 0.3) is 10.9 Å². The number of H-pyrrole nitrogens is 1. The normalized spacial score (nSPS) is 15.8. The molecule has 2 heterocycles. The minimum absolute atomic E-state index is 0.0756. The molecular formula is C26H31N3O2S. The van der Waals surface area contributed by atoms with E-state index in [1.54, 1.807) is 0 Å². The summed E-state index contributed by atoms with van der Waals surface area (Å²) >= 11 is 5.81. The Labute approximate surface area is 194 Å². The number of aromatic nitrogens is 1. The smallest absolute Gasteiger partial charge is 0.253 e. The second-order valence-electron chi connectivity index (χ2n) is 8.66. The molecule has 0 radical (unpaired) electrons. The Morgan fingerprint density at radius 2 is 2.06 bits per heavy atom. The van der Waals surface area contributed by atoms with Crippen molar-refractivity contribution in [2.24, 2.45) is 0 Å². The molecule has 0 amide bonds. The zero-order valence-corrected chi connectivity index (χ0v) is 19.8. The highest BCUT2D eigenvalue weighted by Gasteiger charge is 2.22. The molecule has 1 saturated heterocycles. The summed E-state index contributed by atoms with van der Waals surface area (Å²) in [5, 5.41) is 5.05. The molecule has 6 heteroatoms. The molecular weight excluding hydrogens is 418 g/mol. The number of thiocarbonyl (C=S) groups is 1. The van der Waals surface area contributed by atoms with Crippen LogP contribution < -0.4 is 10.9 Å². The van der Waals surface area contributed by atoms with Crippen molar-refractivity contribution in [2.45, 2.75) is 52.7 Å². The molecule has 1 unspecified atom stereocenters. The molecule has 1 aromatic heterocycles. The van der Waals surface area contributed by atoms with Gasteiger partial charge in [0.1, 0.15) is 0 Å². The fourth-order valence-electron chi connectivity index (χ4n) is 4.25. The van der Waals surface area contributed by atoms with Crippen molar-refractivity contribution in [1.29, 1.82) is 0 Å². The van der Waals surface area contributed by atoms with Crippen LogP contribution in [0.15, 0.2) is 47.3 Å². The van der Waals surface area contributed by atoms with Gasteiger partial charge in [-0.2, -0.15) is 0 Å². The monoisotopic (exact) mass is 449 g/mol. The summed E-state index contributed by atoms with van der Waals surface area (Å²) in [7, 11) is 0. The van der Waals surface area contributed by atoms with E-state index in [2.05, 4.69) is 66.3 Å². The molecule has 0 bridgehead atoms. The predicted molar refractivity (Wildman–Crippen MR) is 135 cm³/mol. The maximum absolute atomic E-state index is 12.9. The van der Waals surface area contributed by atoms with E-state index in [4.69, 9.17) is 17.0 Å². The van der Waals surface area contributed by atoms with Gasteiger partial charge in [0, 0.05) is 29.9 Å². The zero-order valence-electron chi connectivity index (χ0n) is 19.0. The molecule has 1 fully saturated rings. The van der Waals surface area contributed by atoms with Crippen LogP contribution in [0.3, 0.4) is 0 Å². The van der Waals surface area contributed by atoms with E-state index < -0.39 is 0 Å². The molecule has 32 heavy (non-hydrogen) atoms. The van der Waals surface area contributed by atoms with Crippen LogP contribution in [0.4, 0.5) is 5.69 Å². The van der Waals surface area contributed by atoms with Crippen LogP contribution in [0, 0.1) is 13.8 Å². The summed E-state index contributed by atoms with van der Waals surface area (Å²) in [6.07, 6.45) is 3.16. The van der Waals surface area contributed by atoms with E-state index in [1.807, 2.05) is 12.1 Å². The second kappa shape index (κ2) is 9.84. The Morgan fingerprint density at radius 3 is 2.78 bits per heavy atom. The van der Waals surface area contributed by atoms with Crippen molar-refractivity contribution < 1.29 is 4.74 Å². The number of rotatable bonds is 6. The maximum atomic E-state index is 12.9. The van der Waals surface area contributed by atoms with Crippen molar-refractivity contribution in [2.75, 3.05) is 18.5 Å². The number of nitrogens with zero attached hydrogens (tertiary/aromatic N) is 1. The number of nitrogens with one attached hydrogen (secondary N) is 2. The molecule has 0 spiro atoms. The molecule has 0 aliphatic carbocycles. The summed E-state index contributed by atoms with van der Waals surface area (Å²) in [6, 6.07) is 14.4. The number of aryl methyl sites for hydroxylation is 3. The number of hydrogen-bond acceptors (Lipinski definition) is 3. The molecule has 1 atom stereocenters. The molecule has 3 aromatic rings. The van der Waals surface area contributed by atoms with Crippen molar-refractivity contribution in [3.05, 3.63) is 75.1 Å². The van der Waals surface area contributed by atoms with Crippen LogP contribution in [0.5, 0.6) is 0 Å². The lowest BCUT2D eigenvalue weighted by molar-refractivity contribution is 0.0904. The molecule has 1 aliphatic rings. The third kappa shape index (κ3) is 5.19. The van der Waals surface area contributed by atoms with Crippen molar-refractivity contribution in [1.82, 2.24) is 9.88 Å². The van der Waals surface area contributed by atoms with E-state index in [0.717, 1.165) is 48.0 Å². The van der Waals surface area contributed by atoms with Crippen LogP contribution in [0.2, 0.25) is 0 Å². The summed E-state index contributed by atoms with van der Waals surface area (Å²) in [6.45, 7) is 8.15. The maximum Gasteiger partial charge on any atom is 0.253 e. The standard InChI is InChI=1S/C26H31N3O2S/c1-4-19-8-10-24-20(13-19)14-21(25(30)27-24)15-29(16-22-6-5-11-31-22)26(32)28-23-9-7-17(2)12-18(23)3/h7-10,12-14,22H,4-6,11,15-16H2,1-3H3,(H,27,30)(H,28,32). The quantitative estimate of drug-likeness (QED) is 0.514. The van der Waals surface area contributed by atoms with Gasteiger partial charge in [-0.05, 0) is 86.1 Å². The Bertz CT molecular complexity index is 1180. The van der Waals surface area contributed by atoms with Gasteiger partial charge in [-0.1, -0.05) is 30.7 Å². The first-order valence-electron chi connectivity index (χ1n) is 11.3. The Morgan fingerprint density at radius 1 is 1.22 bits per heavy atom. The Kier molecular flexibility index (Phi) is 6.92. The number of aromatic amines is 1. The Balaban J connectivity index is 1.61. The molecule has 2 aromatic carbocycles. The lowest BCUT2D eigenvalue weighted by Crippen LogP contribution is -2.40. The van der Waals surface area contributed by atoms with Gasteiger partial charge in [-0.15, -0.1) is 0 Å². The van der Waals surface area contributed by atoms with Crippen molar-refractivity contribution >= 4 is 33.9 Å². The van der Waals surface area contributed by atoms with E-state index >= 15 is 0 Å². The van der Waals surface area contributed by atoms with Crippen molar-refractivity contribution in [3.63, 3.8) is 0 Å². The summed E-state index contributed by atoms with van der Waals surface area (Å²) < 4.78 is 5.88. The lowest BCUT2D eigenvalue weighted by Gasteiger charge is -2.28. The van der Waals surface area contributed by atoms with Crippen LogP contribution in [0.1, 0.15) is 42.0 Å². The second-order valence-corrected chi connectivity index (χ2v) is 9.05. The Hall–Kier alpha value is -2.70. The van der Waals surface area contributed by atoms with Crippen LogP contribution in [-0.4, -0.2) is 34.3 Å². The highest BCUT2D eigenvalue weighted by Crippen LogP contribution is 2.20. The highest BCUT2D eigenvalue weighted by atomic mass is 32.1. The summed E-state index contributed by atoms with van der Waals surface area (Å²) in [5.41, 5.74) is 6.07.